The zero-order chi connectivity index (χ0) is 26.2. The quantitative estimate of drug-likeness (QED) is 0.330. The van der Waals surface area contributed by atoms with Gasteiger partial charge in [0.15, 0.2) is 0 Å². The normalized spacial score (nSPS) is 21.4. The van der Waals surface area contributed by atoms with Crippen LogP contribution in [0.25, 0.3) is 0 Å². The van der Waals surface area contributed by atoms with Gasteiger partial charge < -0.3 is 0 Å². The molecule has 196 valence electrons. The first-order valence-corrected chi connectivity index (χ1v) is 12.5. The van der Waals surface area contributed by atoms with E-state index in [0.29, 0.717) is 31.3 Å². The first-order chi connectivity index (χ1) is 17.6. The molecule has 2 nitrogen and oxygen atoms in total. The highest BCUT2D eigenvalue weighted by atomic mass is 19.4. The Kier molecular flexibility index (Phi) is 7.07. The van der Waals surface area contributed by atoms with Crippen molar-refractivity contribution in [2.45, 2.75) is 49.7 Å². The fourth-order valence-electron chi connectivity index (χ4n) is 6.03. The van der Waals surface area contributed by atoms with Crippen molar-refractivity contribution in [3.8, 4) is 0 Å². The van der Waals surface area contributed by atoms with E-state index in [1.165, 1.54) is 0 Å². The summed E-state index contributed by atoms with van der Waals surface area (Å²) in [5, 5.41) is 0. The molecule has 2 heterocycles. The number of halogens is 6. The van der Waals surface area contributed by atoms with Gasteiger partial charge in [0.2, 0.25) is 0 Å². The molecule has 0 aromatic heterocycles. The lowest BCUT2D eigenvalue weighted by Gasteiger charge is -2.47. The molecule has 0 amide bonds. The number of hydrogen-bond acceptors (Lipinski definition) is 2. The average Bonchev–Trinajstić information content (AvgIpc) is 3.33. The van der Waals surface area contributed by atoms with Crippen molar-refractivity contribution < 1.29 is 26.3 Å². The molecule has 0 radical (unpaired) electrons. The molecule has 37 heavy (non-hydrogen) atoms. The lowest BCUT2D eigenvalue weighted by Crippen LogP contribution is -2.58. The van der Waals surface area contributed by atoms with E-state index in [0.717, 1.165) is 30.5 Å². The van der Waals surface area contributed by atoms with Crippen molar-refractivity contribution in [3.63, 3.8) is 0 Å². The van der Waals surface area contributed by atoms with Gasteiger partial charge in [0.05, 0.1) is 11.1 Å². The van der Waals surface area contributed by atoms with Crippen molar-refractivity contribution in [1.29, 1.82) is 0 Å². The molecule has 0 N–H and O–H groups in total. The van der Waals surface area contributed by atoms with Crippen LogP contribution in [-0.2, 0) is 18.9 Å². The SMILES string of the molecule is FC(F)(F)c1ccc(C(F)(F)F)c(CN2C[C@@H]3CCCN3[C@H](C(c3ccccc3)c3ccccc3)C2)c1. The minimum Gasteiger partial charge on any atom is -0.296 e. The zero-order valence-electron chi connectivity index (χ0n) is 20.1. The zero-order valence-corrected chi connectivity index (χ0v) is 20.1. The predicted molar refractivity (Wildman–Crippen MR) is 130 cm³/mol. The van der Waals surface area contributed by atoms with E-state index in [1.807, 2.05) is 41.3 Å². The molecule has 2 aliphatic rings. The van der Waals surface area contributed by atoms with Gasteiger partial charge in [0.25, 0.3) is 0 Å². The summed E-state index contributed by atoms with van der Waals surface area (Å²) in [5.41, 5.74) is -0.169. The van der Waals surface area contributed by atoms with E-state index in [1.54, 1.807) is 0 Å². The highest BCUT2D eigenvalue weighted by Crippen LogP contribution is 2.40. The van der Waals surface area contributed by atoms with E-state index >= 15 is 0 Å². The van der Waals surface area contributed by atoms with Gasteiger partial charge in [0.1, 0.15) is 0 Å². The van der Waals surface area contributed by atoms with Crippen molar-refractivity contribution in [2.75, 3.05) is 19.6 Å². The molecule has 0 spiro atoms. The summed E-state index contributed by atoms with van der Waals surface area (Å²) < 4.78 is 81.5. The number of hydrogen-bond donors (Lipinski definition) is 0. The third-order valence-corrected chi connectivity index (χ3v) is 7.60. The maximum atomic E-state index is 13.8. The van der Waals surface area contributed by atoms with Gasteiger partial charge in [-0.1, -0.05) is 60.7 Å². The molecule has 5 rings (SSSR count). The fraction of sp³-hybridized carbons (Fsp3) is 0.379. The number of alkyl halides is 6. The van der Waals surface area contributed by atoms with Gasteiger partial charge in [-0.25, -0.2) is 0 Å². The largest absolute Gasteiger partial charge is 0.416 e. The second-order valence-electron chi connectivity index (χ2n) is 9.96. The first kappa shape index (κ1) is 25.8. The van der Waals surface area contributed by atoms with Gasteiger partial charge in [-0.15, -0.1) is 0 Å². The van der Waals surface area contributed by atoms with E-state index in [2.05, 4.69) is 29.2 Å². The minimum atomic E-state index is -4.73. The molecule has 3 aromatic carbocycles. The third-order valence-electron chi connectivity index (χ3n) is 7.60. The van der Waals surface area contributed by atoms with Crippen LogP contribution in [0, 0.1) is 0 Å². The standard InChI is InChI=1S/C29H28F6N2/c30-28(31,32)23-13-14-25(29(33,34)35)22(16-23)17-36-18-24-12-7-15-37(24)26(19-36)27(20-8-3-1-4-9-20)21-10-5-2-6-11-21/h1-6,8-11,13-14,16,24,26-27H,7,12,15,17-19H2/t24-,26-/m0/s1. The number of benzene rings is 3. The molecule has 3 aromatic rings. The predicted octanol–water partition coefficient (Wildman–Crippen LogP) is 7.20. The smallest absolute Gasteiger partial charge is 0.296 e. The number of rotatable bonds is 5. The van der Waals surface area contributed by atoms with Crippen molar-refractivity contribution in [1.82, 2.24) is 9.80 Å². The number of piperazine rings is 1. The minimum absolute atomic E-state index is 0.0191. The molecule has 0 saturated carbocycles. The van der Waals surface area contributed by atoms with Crippen LogP contribution in [0.15, 0.2) is 78.9 Å². The summed E-state index contributed by atoms with van der Waals surface area (Å²) in [5.74, 6) is -0.0191. The summed E-state index contributed by atoms with van der Waals surface area (Å²) in [6, 6.07) is 22.0. The second kappa shape index (κ2) is 10.1. The highest BCUT2D eigenvalue weighted by molar-refractivity contribution is 5.37. The Labute approximate surface area is 212 Å². The van der Waals surface area contributed by atoms with Crippen LogP contribution in [0.3, 0.4) is 0 Å². The van der Waals surface area contributed by atoms with Crippen LogP contribution < -0.4 is 0 Å². The Bertz CT molecular complexity index is 1150. The van der Waals surface area contributed by atoms with Gasteiger partial charge >= 0.3 is 12.4 Å². The van der Waals surface area contributed by atoms with Crippen LogP contribution in [0.4, 0.5) is 26.3 Å². The van der Waals surface area contributed by atoms with Crippen molar-refractivity contribution in [3.05, 3.63) is 107 Å². The summed E-state index contributed by atoms with van der Waals surface area (Å²) in [6.07, 6.45) is -7.54. The number of nitrogens with zero attached hydrogens (tertiary/aromatic N) is 2. The van der Waals surface area contributed by atoms with Crippen molar-refractivity contribution >= 4 is 0 Å². The maximum absolute atomic E-state index is 13.8. The Hall–Kier alpha value is -2.84. The van der Waals surface area contributed by atoms with Gasteiger partial charge in [0, 0.05) is 37.6 Å². The van der Waals surface area contributed by atoms with Gasteiger partial charge in [-0.05, 0) is 54.3 Å². The molecule has 2 atom stereocenters. The third kappa shape index (κ3) is 5.55. The second-order valence-corrected chi connectivity index (χ2v) is 9.96. The summed E-state index contributed by atoms with van der Waals surface area (Å²) in [7, 11) is 0. The van der Waals surface area contributed by atoms with Crippen molar-refractivity contribution in [2.24, 2.45) is 0 Å². The molecule has 8 heteroatoms. The fourth-order valence-corrected chi connectivity index (χ4v) is 6.03. The van der Waals surface area contributed by atoms with E-state index < -0.39 is 23.5 Å². The Morgan fingerprint density at radius 2 is 1.38 bits per heavy atom. The number of fused-ring (bicyclic) bond motifs is 1. The Morgan fingerprint density at radius 1 is 0.757 bits per heavy atom. The average molecular weight is 519 g/mol. The molecule has 0 aliphatic carbocycles. The summed E-state index contributed by atoms with van der Waals surface area (Å²) >= 11 is 0. The monoisotopic (exact) mass is 518 g/mol. The maximum Gasteiger partial charge on any atom is 0.416 e. The lowest BCUT2D eigenvalue weighted by atomic mass is 9.82. The van der Waals surface area contributed by atoms with Gasteiger partial charge in [-0.3, -0.25) is 9.80 Å². The van der Waals surface area contributed by atoms with E-state index in [9.17, 15) is 26.3 Å². The molecular formula is C29H28F6N2. The van der Waals surface area contributed by atoms with Crippen LogP contribution in [-0.4, -0.2) is 41.5 Å². The Morgan fingerprint density at radius 3 is 1.95 bits per heavy atom. The molecule has 0 bridgehead atoms. The van der Waals surface area contributed by atoms with Crippen LogP contribution in [0.1, 0.15) is 46.6 Å². The highest BCUT2D eigenvalue weighted by Gasteiger charge is 2.43. The summed E-state index contributed by atoms with van der Waals surface area (Å²) in [4.78, 5) is 4.37. The van der Waals surface area contributed by atoms with Gasteiger partial charge in [-0.2, -0.15) is 26.3 Å². The summed E-state index contributed by atoms with van der Waals surface area (Å²) in [6.45, 7) is 1.70. The van der Waals surface area contributed by atoms with Crippen LogP contribution >= 0.6 is 0 Å². The van der Waals surface area contributed by atoms with E-state index in [4.69, 9.17) is 0 Å². The molecule has 2 saturated heterocycles. The molecule has 2 aliphatic heterocycles. The first-order valence-electron chi connectivity index (χ1n) is 12.5. The van der Waals surface area contributed by atoms with Crippen LogP contribution in [0.2, 0.25) is 0 Å². The molecular weight excluding hydrogens is 490 g/mol. The van der Waals surface area contributed by atoms with E-state index in [-0.39, 0.29) is 30.1 Å². The Balaban J connectivity index is 1.52. The molecule has 2 fully saturated rings. The van der Waals surface area contributed by atoms with Crippen LogP contribution in [0.5, 0.6) is 0 Å². The molecule has 0 unspecified atom stereocenters. The topological polar surface area (TPSA) is 6.48 Å². The lowest BCUT2D eigenvalue weighted by molar-refractivity contribution is -0.142.